The zero-order valence-corrected chi connectivity index (χ0v) is 16.8. The maximum absolute atomic E-state index is 14.6. The van der Waals surface area contributed by atoms with Gasteiger partial charge in [-0.15, -0.1) is 0 Å². The lowest BCUT2D eigenvalue weighted by Gasteiger charge is -2.19. The van der Waals surface area contributed by atoms with E-state index in [4.69, 9.17) is 11.6 Å². The smallest absolute Gasteiger partial charge is 0.294 e. The maximum atomic E-state index is 14.6. The van der Waals surface area contributed by atoms with Crippen LogP contribution >= 0.6 is 27.5 Å². The highest BCUT2D eigenvalue weighted by molar-refractivity contribution is 9.10. The van der Waals surface area contributed by atoms with Crippen LogP contribution in [0.5, 0.6) is 0 Å². The van der Waals surface area contributed by atoms with Gasteiger partial charge in [-0.25, -0.2) is 4.39 Å². The molecule has 0 saturated carbocycles. The molecule has 2 aromatic rings. The zero-order chi connectivity index (χ0) is 22.1. The quantitative estimate of drug-likeness (QED) is 0.305. The third-order valence-corrected chi connectivity index (χ3v) is 5.16. The Labute approximate surface area is 174 Å². The van der Waals surface area contributed by atoms with Crippen LogP contribution in [0.15, 0.2) is 46.9 Å². The highest BCUT2D eigenvalue weighted by Crippen LogP contribution is 2.41. The van der Waals surface area contributed by atoms with Crippen LogP contribution in [0.1, 0.15) is 39.9 Å². The first-order valence-electron chi connectivity index (χ1n) is 7.83. The largest absolute Gasteiger partial charge is 0.417 e. The molecule has 0 N–H and O–H groups in total. The molecule has 0 aromatic heterocycles. The highest BCUT2D eigenvalue weighted by Gasteiger charge is 2.40. The van der Waals surface area contributed by atoms with Gasteiger partial charge in [0.05, 0.1) is 10.6 Å². The average molecular weight is 504 g/mol. The van der Waals surface area contributed by atoms with Crippen molar-refractivity contribution in [3.05, 3.63) is 74.2 Å². The molecule has 0 radical (unpaired) electrons. The molecule has 2 rings (SSSR count). The summed E-state index contributed by atoms with van der Waals surface area (Å²) in [4.78, 5) is 11.4. The van der Waals surface area contributed by atoms with E-state index in [1.807, 2.05) is 0 Å². The summed E-state index contributed by atoms with van der Waals surface area (Å²) in [6.07, 6.45) is -9.73. The minimum Gasteiger partial charge on any atom is -0.294 e. The van der Waals surface area contributed by atoms with Gasteiger partial charge in [-0.2, -0.15) is 26.3 Å². The molecule has 29 heavy (non-hydrogen) atoms. The number of allylic oxidation sites excluding steroid dienone is 1. The molecule has 0 heterocycles. The highest BCUT2D eigenvalue weighted by atomic mass is 79.9. The molecule has 1 unspecified atom stereocenters. The fourth-order valence-electron chi connectivity index (χ4n) is 2.56. The van der Waals surface area contributed by atoms with Crippen molar-refractivity contribution >= 4 is 39.1 Å². The zero-order valence-electron chi connectivity index (χ0n) is 14.4. The lowest BCUT2D eigenvalue weighted by molar-refractivity contribution is -0.140. The summed E-state index contributed by atoms with van der Waals surface area (Å²) in [6, 6.07) is 5.13. The minimum absolute atomic E-state index is 0.133. The second-order valence-corrected chi connectivity index (χ2v) is 7.28. The summed E-state index contributed by atoms with van der Waals surface area (Å²) < 4.78 is 94.6. The number of Topliss-reactive ketones (excluding diaryl/α,β-unsaturated/α-hetero) is 1. The van der Waals surface area contributed by atoms with Crippen molar-refractivity contribution in [1.82, 2.24) is 0 Å². The maximum Gasteiger partial charge on any atom is 0.417 e. The van der Waals surface area contributed by atoms with E-state index in [-0.39, 0.29) is 21.1 Å². The van der Waals surface area contributed by atoms with Gasteiger partial charge in [0.2, 0.25) is 0 Å². The Balaban J connectivity index is 2.58. The van der Waals surface area contributed by atoms with Crippen molar-refractivity contribution in [2.45, 2.75) is 25.2 Å². The molecule has 1 atom stereocenters. The number of hydrogen-bond acceptors (Lipinski definition) is 1. The Morgan fingerprint density at radius 2 is 1.69 bits per heavy atom. The van der Waals surface area contributed by atoms with Gasteiger partial charge < -0.3 is 0 Å². The Morgan fingerprint density at radius 1 is 1.07 bits per heavy atom. The van der Waals surface area contributed by atoms with Crippen molar-refractivity contribution < 1.29 is 35.5 Å². The predicted octanol–water partition coefficient (Wildman–Crippen LogP) is 7.98. The topological polar surface area (TPSA) is 17.1 Å². The normalized spacial score (nSPS) is 14.1. The molecule has 0 aliphatic carbocycles. The van der Waals surface area contributed by atoms with Crippen molar-refractivity contribution in [2.75, 3.05) is 0 Å². The number of hydrogen-bond donors (Lipinski definition) is 0. The Bertz CT molecular complexity index is 964. The molecule has 0 bridgehead atoms. The van der Waals surface area contributed by atoms with Crippen LogP contribution in [-0.4, -0.2) is 12.0 Å². The van der Waals surface area contributed by atoms with Crippen LogP contribution in [0.4, 0.5) is 30.7 Å². The molecular weight excluding hydrogens is 493 g/mol. The van der Waals surface area contributed by atoms with E-state index in [1.165, 1.54) is 6.07 Å². The second-order valence-electron chi connectivity index (χ2n) is 6.02. The summed E-state index contributed by atoms with van der Waals surface area (Å²) in [7, 11) is 0. The van der Waals surface area contributed by atoms with E-state index in [9.17, 15) is 35.5 Å². The molecule has 0 amide bonds. The second kappa shape index (κ2) is 8.47. The number of ketones is 1. The fourth-order valence-corrected chi connectivity index (χ4v) is 3.08. The Kier molecular flexibility index (Phi) is 6.84. The molecule has 156 valence electrons. The van der Waals surface area contributed by atoms with Gasteiger partial charge in [0.1, 0.15) is 11.7 Å². The van der Waals surface area contributed by atoms with E-state index >= 15 is 0 Å². The van der Waals surface area contributed by atoms with Gasteiger partial charge in [0.15, 0.2) is 5.78 Å². The van der Waals surface area contributed by atoms with Crippen LogP contribution in [0.3, 0.4) is 0 Å². The summed E-state index contributed by atoms with van der Waals surface area (Å²) in [5.74, 6) is -4.86. The van der Waals surface area contributed by atoms with Gasteiger partial charge in [-0.3, -0.25) is 4.79 Å². The van der Waals surface area contributed by atoms with Gasteiger partial charge in [-0.05, 0) is 52.7 Å². The minimum atomic E-state index is -4.98. The molecule has 0 spiro atoms. The van der Waals surface area contributed by atoms with Crippen molar-refractivity contribution in [3.8, 4) is 0 Å². The van der Waals surface area contributed by atoms with Gasteiger partial charge >= 0.3 is 12.4 Å². The summed E-state index contributed by atoms with van der Waals surface area (Å²) >= 11 is 8.72. The van der Waals surface area contributed by atoms with Gasteiger partial charge in [-0.1, -0.05) is 29.8 Å². The van der Waals surface area contributed by atoms with Crippen molar-refractivity contribution in [2.24, 2.45) is 0 Å². The molecule has 1 nitrogen and oxygen atoms in total. The fraction of sp³-hybridized carbons (Fsp3) is 0.211. The number of halogens is 9. The molecule has 0 aliphatic rings. The van der Waals surface area contributed by atoms with E-state index in [0.717, 1.165) is 31.2 Å². The predicted molar refractivity (Wildman–Crippen MR) is 98.5 cm³/mol. The number of carbonyl (C=O) groups excluding carboxylic acids is 1. The molecule has 2 aromatic carbocycles. The monoisotopic (exact) mass is 502 g/mol. The Hall–Kier alpha value is -1.87. The standard InChI is InChI=1S/C19H11BrClF7O/c1-9(29)12-4-2-11(6-14(12)19(26,27)28)17(22)8-13(18(23,24)25)10-3-5-16(21)15(20)7-10/h2-8,13H,1H3/b17-8-. The van der Waals surface area contributed by atoms with Crippen LogP contribution in [-0.2, 0) is 6.18 Å². The molecular formula is C19H11BrClF7O. The first-order valence-corrected chi connectivity index (χ1v) is 9.00. The average Bonchev–Trinajstić information content (AvgIpc) is 2.59. The summed E-state index contributed by atoms with van der Waals surface area (Å²) in [5, 5.41) is 0.133. The third kappa shape index (κ3) is 5.60. The van der Waals surface area contributed by atoms with Crippen molar-refractivity contribution in [3.63, 3.8) is 0 Å². The van der Waals surface area contributed by atoms with E-state index < -0.39 is 46.6 Å². The third-order valence-electron chi connectivity index (χ3n) is 3.95. The van der Waals surface area contributed by atoms with Crippen molar-refractivity contribution in [1.29, 1.82) is 0 Å². The Morgan fingerprint density at radius 3 is 2.17 bits per heavy atom. The van der Waals surface area contributed by atoms with E-state index in [1.54, 1.807) is 0 Å². The molecule has 0 saturated heterocycles. The summed E-state index contributed by atoms with van der Waals surface area (Å²) in [5.41, 5.74) is -3.23. The van der Waals surface area contributed by atoms with Crippen LogP contribution in [0.2, 0.25) is 5.02 Å². The van der Waals surface area contributed by atoms with Crippen LogP contribution < -0.4 is 0 Å². The SMILES string of the molecule is CC(=O)c1ccc(/C(F)=C/C(c2ccc(Cl)c(Br)c2)C(F)(F)F)cc1C(F)(F)F. The lowest BCUT2D eigenvalue weighted by atomic mass is 9.95. The number of alkyl halides is 6. The number of rotatable bonds is 4. The number of benzene rings is 2. The molecule has 10 heteroatoms. The number of carbonyl (C=O) groups is 1. The first-order chi connectivity index (χ1) is 13.2. The van der Waals surface area contributed by atoms with Crippen LogP contribution in [0.25, 0.3) is 5.83 Å². The van der Waals surface area contributed by atoms with E-state index in [0.29, 0.717) is 6.07 Å². The molecule has 0 aliphatic heterocycles. The van der Waals surface area contributed by atoms with Gasteiger partial charge in [0, 0.05) is 15.6 Å². The lowest BCUT2D eigenvalue weighted by Crippen LogP contribution is -2.19. The van der Waals surface area contributed by atoms with Crippen LogP contribution in [0, 0.1) is 0 Å². The van der Waals surface area contributed by atoms with E-state index in [2.05, 4.69) is 15.9 Å². The van der Waals surface area contributed by atoms with Gasteiger partial charge in [0.25, 0.3) is 0 Å². The summed E-state index contributed by atoms with van der Waals surface area (Å²) in [6.45, 7) is 0.897. The molecule has 0 fully saturated rings. The first kappa shape index (κ1) is 23.4.